The molecule has 0 saturated carbocycles. The molecule has 6 nitrogen and oxygen atoms in total. The van der Waals surface area contributed by atoms with Crippen molar-refractivity contribution in [2.24, 2.45) is 0 Å². The molecule has 0 aromatic carbocycles. The Labute approximate surface area is 118 Å². The average Bonchev–Trinajstić information content (AvgIpc) is 2.79. The molecule has 0 fully saturated rings. The zero-order valence-corrected chi connectivity index (χ0v) is 12.1. The maximum atomic E-state index is 12.1. The van der Waals surface area contributed by atoms with E-state index in [0.717, 1.165) is 13.0 Å². The minimum Gasteiger partial charge on any atom is -0.345 e. The van der Waals surface area contributed by atoms with Crippen LogP contribution in [0.5, 0.6) is 0 Å². The summed E-state index contributed by atoms with van der Waals surface area (Å²) in [7, 11) is -1.64. The lowest BCUT2D eigenvalue weighted by Crippen LogP contribution is -2.26. The lowest BCUT2D eigenvalue weighted by Gasteiger charge is -2.05. The fraction of sp³-hybridized carbons (Fsp3) is 0.364. The molecule has 0 spiro atoms. The standard InChI is InChI=1S/C11H16N4O2S.ClH/c1-12-5-3-7-15-18(16,17)10-8-14-11-9(10)4-2-6-13-11;/h2,4,6,8,12,15H,3,5,7H2,1H3,(H,13,14);1H. The zero-order valence-electron chi connectivity index (χ0n) is 10.5. The Morgan fingerprint density at radius 3 is 2.89 bits per heavy atom. The Morgan fingerprint density at radius 2 is 2.16 bits per heavy atom. The second-order valence-corrected chi connectivity index (χ2v) is 5.64. The molecule has 8 heteroatoms. The van der Waals surface area contributed by atoms with Gasteiger partial charge >= 0.3 is 0 Å². The van der Waals surface area contributed by atoms with Crippen molar-refractivity contribution in [2.75, 3.05) is 20.1 Å². The monoisotopic (exact) mass is 304 g/mol. The maximum Gasteiger partial charge on any atom is 0.242 e. The molecule has 2 heterocycles. The lowest BCUT2D eigenvalue weighted by molar-refractivity contribution is 0.578. The Kier molecular flexibility index (Phi) is 5.74. The predicted molar refractivity (Wildman–Crippen MR) is 77.1 cm³/mol. The van der Waals surface area contributed by atoms with E-state index in [9.17, 15) is 8.42 Å². The Hall–Kier alpha value is -1.15. The van der Waals surface area contributed by atoms with Crippen molar-refractivity contribution >= 4 is 33.5 Å². The third-order valence-corrected chi connectivity index (χ3v) is 4.10. The van der Waals surface area contributed by atoms with Crippen molar-refractivity contribution < 1.29 is 8.42 Å². The number of rotatable bonds is 6. The highest BCUT2D eigenvalue weighted by Crippen LogP contribution is 2.20. The van der Waals surface area contributed by atoms with Gasteiger partial charge in [0.05, 0.1) is 0 Å². The highest BCUT2D eigenvalue weighted by atomic mass is 35.5. The van der Waals surface area contributed by atoms with Gasteiger partial charge in [0.2, 0.25) is 10.0 Å². The summed E-state index contributed by atoms with van der Waals surface area (Å²) in [5.41, 5.74) is 0.577. The third-order valence-electron chi connectivity index (χ3n) is 2.60. The largest absolute Gasteiger partial charge is 0.345 e. The van der Waals surface area contributed by atoms with Gasteiger partial charge in [-0.15, -0.1) is 12.4 Å². The van der Waals surface area contributed by atoms with E-state index >= 15 is 0 Å². The number of aromatic nitrogens is 2. The minimum atomic E-state index is -3.47. The smallest absolute Gasteiger partial charge is 0.242 e. The Morgan fingerprint density at radius 1 is 1.37 bits per heavy atom. The van der Waals surface area contributed by atoms with Gasteiger partial charge in [-0.1, -0.05) is 0 Å². The van der Waals surface area contributed by atoms with Gasteiger partial charge in [0, 0.05) is 24.3 Å². The van der Waals surface area contributed by atoms with Crippen LogP contribution in [0.4, 0.5) is 0 Å². The zero-order chi connectivity index (χ0) is 13.0. The van der Waals surface area contributed by atoms with E-state index < -0.39 is 10.0 Å². The van der Waals surface area contributed by atoms with E-state index in [0.29, 0.717) is 17.6 Å². The van der Waals surface area contributed by atoms with Gasteiger partial charge in [0.15, 0.2) is 0 Å². The van der Waals surface area contributed by atoms with Gasteiger partial charge in [0.1, 0.15) is 10.5 Å². The molecule has 0 atom stereocenters. The van der Waals surface area contributed by atoms with Crippen molar-refractivity contribution in [3.63, 3.8) is 0 Å². The van der Waals surface area contributed by atoms with Gasteiger partial charge in [0.25, 0.3) is 0 Å². The Bertz CT molecular complexity index is 626. The molecule has 19 heavy (non-hydrogen) atoms. The highest BCUT2D eigenvalue weighted by Gasteiger charge is 2.18. The molecule has 2 aromatic heterocycles. The van der Waals surface area contributed by atoms with Crippen molar-refractivity contribution in [2.45, 2.75) is 11.3 Å². The SMILES string of the molecule is CNCCCNS(=O)(=O)c1c[nH]c2ncccc12.Cl. The maximum absolute atomic E-state index is 12.1. The molecule has 0 aliphatic carbocycles. The van der Waals surface area contributed by atoms with E-state index in [-0.39, 0.29) is 17.3 Å². The van der Waals surface area contributed by atoms with Crippen LogP contribution in [0.25, 0.3) is 11.0 Å². The van der Waals surface area contributed by atoms with Crippen molar-refractivity contribution in [3.05, 3.63) is 24.5 Å². The van der Waals surface area contributed by atoms with Crippen LogP contribution < -0.4 is 10.0 Å². The summed E-state index contributed by atoms with van der Waals surface area (Å²) in [6.07, 6.45) is 3.84. The molecule has 0 aliphatic rings. The second kappa shape index (κ2) is 6.85. The number of aromatic amines is 1. The summed E-state index contributed by atoms with van der Waals surface area (Å²) in [6, 6.07) is 3.46. The molecular formula is C11H17ClN4O2S. The first-order valence-corrected chi connectivity index (χ1v) is 7.20. The van der Waals surface area contributed by atoms with E-state index in [1.807, 2.05) is 7.05 Å². The topological polar surface area (TPSA) is 86.9 Å². The summed E-state index contributed by atoms with van der Waals surface area (Å²) in [6.45, 7) is 1.19. The molecule has 0 saturated heterocycles. The van der Waals surface area contributed by atoms with Gasteiger partial charge in [-0.3, -0.25) is 0 Å². The van der Waals surface area contributed by atoms with Crippen LogP contribution in [0.15, 0.2) is 29.4 Å². The molecule has 0 bridgehead atoms. The van der Waals surface area contributed by atoms with Gasteiger partial charge in [-0.05, 0) is 32.1 Å². The second-order valence-electron chi connectivity index (χ2n) is 3.91. The first-order valence-electron chi connectivity index (χ1n) is 5.71. The highest BCUT2D eigenvalue weighted by molar-refractivity contribution is 7.89. The van der Waals surface area contributed by atoms with Crippen LogP contribution >= 0.6 is 12.4 Å². The molecule has 3 N–H and O–H groups in total. The number of hydrogen-bond acceptors (Lipinski definition) is 4. The number of hydrogen-bond donors (Lipinski definition) is 3. The predicted octanol–water partition coefficient (Wildman–Crippen LogP) is 0.873. The summed E-state index contributed by atoms with van der Waals surface area (Å²) in [5.74, 6) is 0. The van der Waals surface area contributed by atoms with E-state index in [2.05, 4.69) is 20.0 Å². The molecule has 2 aromatic rings. The first-order chi connectivity index (χ1) is 8.65. The van der Waals surface area contributed by atoms with Crippen molar-refractivity contribution in [1.29, 1.82) is 0 Å². The van der Waals surface area contributed by atoms with Crippen LogP contribution in [-0.4, -0.2) is 38.5 Å². The number of fused-ring (bicyclic) bond motifs is 1. The van der Waals surface area contributed by atoms with E-state index in [1.165, 1.54) is 6.20 Å². The normalized spacial score (nSPS) is 11.4. The van der Waals surface area contributed by atoms with E-state index in [4.69, 9.17) is 0 Å². The molecule has 2 rings (SSSR count). The number of nitrogens with one attached hydrogen (secondary N) is 3. The van der Waals surface area contributed by atoms with Gasteiger partial charge in [-0.25, -0.2) is 18.1 Å². The Balaban J connectivity index is 0.00000180. The van der Waals surface area contributed by atoms with Crippen LogP contribution in [0.2, 0.25) is 0 Å². The third kappa shape index (κ3) is 3.66. The number of nitrogens with zero attached hydrogens (tertiary/aromatic N) is 1. The number of H-pyrrole nitrogens is 1. The van der Waals surface area contributed by atoms with Crippen LogP contribution in [0.1, 0.15) is 6.42 Å². The van der Waals surface area contributed by atoms with Crippen LogP contribution in [0.3, 0.4) is 0 Å². The molecule has 106 valence electrons. The van der Waals surface area contributed by atoms with Crippen LogP contribution in [0, 0.1) is 0 Å². The minimum absolute atomic E-state index is 0. The fourth-order valence-electron chi connectivity index (χ4n) is 1.70. The summed E-state index contributed by atoms with van der Waals surface area (Å²) < 4.78 is 26.8. The number of pyridine rings is 1. The summed E-state index contributed by atoms with van der Waals surface area (Å²) in [4.78, 5) is 7.17. The van der Waals surface area contributed by atoms with Crippen molar-refractivity contribution in [3.8, 4) is 0 Å². The number of sulfonamides is 1. The summed E-state index contributed by atoms with van der Waals surface area (Å²) in [5, 5.41) is 3.58. The summed E-state index contributed by atoms with van der Waals surface area (Å²) >= 11 is 0. The quantitative estimate of drug-likeness (QED) is 0.691. The molecular weight excluding hydrogens is 288 g/mol. The molecule has 0 aliphatic heterocycles. The molecule has 0 radical (unpaired) electrons. The van der Waals surface area contributed by atoms with Gasteiger partial charge in [-0.2, -0.15) is 0 Å². The van der Waals surface area contributed by atoms with Crippen molar-refractivity contribution in [1.82, 2.24) is 20.0 Å². The van der Waals surface area contributed by atoms with E-state index in [1.54, 1.807) is 18.3 Å². The van der Waals surface area contributed by atoms with Crippen LogP contribution in [-0.2, 0) is 10.0 Å². The first kappa shape index (κ1) is 15.9. The average molecular weight is 305 g/mol. The van der Waals surface area contributed by atoms with Gasteiger partial charge < -0.3 is 10.3 Å². The molecule has 0 amide bonds. The molecule has 0 unspecified atom stereocenters. The number of halogens is 1. The lowest BCUT2D eigenvalue weighted by atomic mass is 10.3. The fourth-order valence-corrected chi connectivity index (χ4v) is 2.94.